The fraction of sp³-hybridized carbons (Fsp3) is 0.267. The second-order valence-electron chi connectivity index (χ2n) is 4.84. The van der Waals surface area contributed by atoms with Crippen LogP contribution in [0, 0.1) is 5.82 Å². The lowest BCUT2D eigenvalue weighted by Gasteiger charge is -2.07. The zero-order chi connectivity index (χ0) is 14.1. The summed E-state index contributed by atoms with van der Waals surface area (Å²) in [5.41, 5.74) is 0. The van der Waals surface area contributed by atoms with Crippen molar-refractivity contribution >= 4 is 21.4 Å². The Balaban J connectivity index is 1.75. The van der Waals surface area contributed by atoms with Crippen LogP contribution in [0.5, 0.6) is 0 Å². The first-order valence-corrected chi connectivity index (χ1v) is 7.28. The minimum Gasteiger partial charge on any atom is -0.388 e. The molecular formula is C15H15FN2OS. The van der Waals surface area contributed by atoms with Crippen LogP contribution in [0.4, 0.5) is 4.39 Å². The number of aliphatic hydroxyl groups excluding tert-OH is 1. The molecule has 0 aliphatic heterocycles. The molecule has 1 aromatic carbocycles. The van der Waals surface area contributed by atoms with Gasteiger partial charge in [-0.2, -0.15) is 0 Å². The van der Waals surface area contributed by atoms with Crippen molar-refractivity contribution in [1.82, 2.24) is 9.55 Å². The van der Waals surface area contributed by atoms with Crippen LogP contribution in [0.1, 0.15) is 23.2 Å². The molecule has 3 nitrogen and oxygen atoms in total. The maximum atomic E-state index is 13.2. The van der Waals surface area contributed by atoms with Gasteiger partial charge in [0.1, 0.15) is 11.6 Å². The van der Waals surface area contributed by atoms with E-state index in [1.807, 2.05) is 23.9 Å². The van der Waals surface area contributed by atoms with E-state index < -0.39 is 6.10 Å². The summed E-state index contributed by atoms with van der Waals surface area (Å²) < 4.78 is 16.0. The molecule has 20 heavy (non-hydrogen) atoms. The highest BCUT2D eigenvalue weighted by atomic mass is 32.1. The third-order valence-electron chi connectivity index (χ3n) is 3.39. The molecule has 5 heteroatoms. The highest BCUT2D eigenvalue weighted by Gasteiger charge is 2.13. The quantitative estimate of drug-likeness (QED) is 0.799. The van der Waals surface area contributed by atoms with Gasteiger partial charge < -0.3 is 9.67 Å². The Morgan fingerprint density at radius 1 is 1.40 bits per heavy atom. The Bertz CT molecular complexity index is 734. The number of halogens is 1. The predicted octanol–water partition coefficient (Wildman–Crippen LogP) is 3.44. The molecule has 3 rings (SSSR count). The van der Waals surface area contributed by atoms with Crippen LogP contribution in [0.25, 0.3) is 10.1 Å². The molecule has 2 aromatic heterocycles. The van der Waals surface area contributed by atoms with E-state index in [2.05, 4.69) is 4.98 Å². The first-order valence-electron chi connectivity index (χ1n) is 6.47. The van der Waals surface area contributed by atoms with Crippen LogP contribution < -0.4 is 0 Å². The summed E-state index contributed by atoms with van der Waals surface area (Å²) >= 11 is 1.44. The van der Waals surface area contributed by atoms with Crippen LogP contribution >= 0.6 is 11.3 Å². The van der Waals surface area contributed by atoms with Crippen LogP contribution in [-0.4, -0.2) is 14.7 Å². The minimum atomic E-state index is -0.535. The summed E-state index contributed by atoms with van der Waals surface area (Å²) in [5, 5.41) is 11.2. The van der Waals surface area contributed by atoms with E-state index in [0.717, 1.165) is 20.8 Å². The smallest absolute Gasteiger partial charge is 0.124 e. The number of benzene rings is 1. The van der Waals surface area contributed by atoms with E-state index >= 15 is 0 Å². The Kier molecular flexibility index (Phi) is 3.54. The van der Waals surface area contributed by atoms with Gasteiger partial charge in [-0.25, -0.2) is 9.37 Å². The van der Waals surface area contributed by atoms with Crippen molar-refractivity contribution in [3.63, 3.8) is 0 Å². The van der Waals surface area contributed by atoms with Gasteiger partial charge in [-0.05, 0) is 30.0 Å². The number of thiophene rings is 1. The normalized spacial score (nSPS) is 12.9. The Morgan fingerprint density at radius 2 is 2.25 bits per heavy atom. The van der Waals surface area contributed by atoms with Crippen molar-refractivity contribution in [2.24, 2.45) is 7.05 Å². The second kappa shape index (κ2) is 5.34. The summed E-state index contributed by atoms with van der Waals surface area (Å²) in [6.45, 7) is 0. The van der Waals surface area contributed by atoms with E-state index in [1.54, 1.807) is 12.3 Å². The number of hydrogen-bond donors (Lipinski definition) is 1. The molecule has 2 heterocycles. The lowest BCUT2D eigenvalue weighted by atomic mass is 10.1. The molecule has 0 saturated heterocycles. The minimum absolute atomic E-state index is 0.242. The summed E-state index contributed by atoms with van der Waals surface area (Å²) in [4.78, 5) is 5.12. The van der Waals surface area contributed by atoms with Crippen LogP contribution in [0.3, 0.4) is 0 Å². The predicted molar refractivity (Wildman–Crippen MR) is 78.3 cm³/mol. The summed E-state index contributed by atoms with van der Waals surface area (Å²) in [6, 6.07) is 6.63. The van der Waals surface area contributed by atoms with E-state index in [0.29, 0.717) is 12.8 Å². The molecule has 0 radical (unpaired) electrons. The van der Waals surface area contributed by atoms with Crippen molar-refractivity contribution in [2.45, 2.75) is 18.9 Å². The van der Waals surface area contributed by atoms with Crippen LogP contribution in [0.2, 0.25) is 0 Å². The summed E-state index contributed by atoms with van der Waals surface area (Å²) in [7, 11) is 1.94. The fourth-order valence-corrected chi connectivity index (χ4v) is 3.35. The first-order chi connectivity index (χ1) is 9.63. The number of hydrogen-bond acceptors (Lipinski definition) is 3. The van der Waals surface area contributed by atoms with Gasteiger partial charge in [0.25, 0.3) is 0 Å². The standard InChI is InChI=1S/C15H15FN2OS/c1-18-7-6-17-15(18)5-4-12(19)14-8-10-2-3-11(16)9-13(10)20-14/h2-3,6-9,12,19H,4-5H2,1H3. The zero-order valence-electron chi connectivity index (χ0n) is 11.1. The van der Waals surface area contributed by atoms with Gasteiger partial charge in [-0.3, -0.25) is 0 Å². The third kappa shape index (κ3) is 2.59. The molecule has 0 spiro atoms. The van der Waals surface area contributed by atoms with Crippen molar-refractivity contribution in [3.8, 4) is 0 Å². The van der Waals surface area contributed by atoms with Gasteiger partial charge in [0.05, 0.1) is 6.10 Å². The summed E-state index contributed by atoms with van der Waals surface area (Å²) in [6.07, 6.45) is 4.44. The SMILES string of the molecule is Cn1ccnc1CCC(O)c1cc2ccc(F)cc2s1. The Labute approximate surface area is 120 Å². The second-order valence-corrected chi connectivity index (χ2v) is 5.96. The van der Waals surface area contributed by atoms with Crippen LogP contribution in [-0.2, 0) is 13.5 Å². The molecular weight excluding hydrogens is 275 g/mol. The Hall–Kier alpha value is -1.72. The molecule has 0 aliphatic rings. The number of fused-ring (bicyclic) bond motifs is 1. The first kappa shape index (κ1) is 13.3. The number of aromatic nitrogens is 2. The highest BCUT2D eigenvalue weighted by molar-refractivity contribution is 7.19. The number of aryl methyl sites for hydroxylation is 2. The van der Waals surface area contributed by atoms with Gasteiger partial charge in [-0.15, -0.1) is 11.3 Å². The molecule has 1 unspecified atom stereocenters. The lowest BCUT2D eigenvalue weighted by Crippen LogP contribution is -2.02. The zero-order valence-corrected chi connectivity index (χ0v) is 11.9. The number of aliphatic hydroxyl groups is 1. The monoisotopic (exact) mass is 290 g/mol. The van der Waals surface area contributed by atoms with E-state index in [9.17, 15) is 9.50 Å². The fourth-order valence-electron chi connectivity index (χ4n) is 2.24. The van der Waals surface area contributed by atoms with E-state index in [1.165, 1.54) is 23.5 Å². The topological polar surface area (TPSA) is 38.0 Å². The molecule has 104 valence electrons. The van der Waals surface area contributed by atoms with Gasteiger partial charge >= 0.3 is 0 Å². The number of rotatable bonds is 4. The maximum Gasteiger partial charge on any atom is 0.124 e. The van der Waals surface area contributed by atoms with Crippen molar-refractivity contribution in [2.75, 3.05) is 0 Å². The number of nitrogens with zero attached hydrogens (tertiary/aromatic N) is 2. The average molecular weight is 290 g/mol. The van der Waals surface area contributed by atoms with E-state index in [4.69, 9.17) is 0 Å². The lowest BCUT2D eigenvalue weighted by molar-refractivity contribution is 0.170. The van der Waals surface area contributed by atoms with Crippen LogP contribution in [0.15, 0.2) is 36.7 Å². The van der Waals surface area contributed by atoms with Gasteiger partial charge in [0, 0.05) is 35.4 Å². The van der Waals surface area contributed by atoms with Gasteiger partial charge in [0.2, 0.25) is 0 Å². The molecule has 1 N–H and O–H groups in total. The molecule has 3 aromatic rings. The molecule has 0 bridgehead atoms. The Morgan fingerprint density at radius 3 is 3.00 bits per heavy atom. The highest BCUT2D eigenvalue weighted by Crippen LogP contribution is 2.32. The molecule has 1 atom stereocenters. The third-order valence-corrected chi connectivity index (χ3v) is 4.59. The molecule has 0 saturated carbocycles. The van der Waals surface area contributed by atoms with Crippen molar-refractivity contribution in [3.05, 3.63) is 53.2 Å². The van der Waals surface area contributed by atoms with Gasteiger partial charge in [0.15, 0.2) is 0 Å². The molecule has 0 aliphatic carbocycles. The average Bonchev–Trinajstić information content (AvgIpc) is 3.01. The number of imidazole rings is 1. The van der Waals surface area contributed by atoms with Crippen molar-refractivity contribution < 1.29 is 9.50 Å². The maximum absolute atomic E-state index is 13.2. The molecule has 0 fully saturated rings. The largest absolute Gasteiger partial charge is 0.388 e. The molecule has 0 amide bonds. The van der Waals surface area contributed by atoms with Crippen molar-refractivity contribution in [1.29, 1.82) is 0 Å². The van der Waals surface area contributed by atoms with E-state index in [-0.39, 0.29) is 5.82 Å². The summed E-state index contributed by atoms with van der Waals surface area (Å²) in [5.74, 6) is 0.713. The van der Waals surface area contributed by atoms with Gasteiger partial charge in [-0.1, -0.05) is 6.07 Å².